The summed E-state index contributed by atoms with van der Waals surface area (Å²) < 4.78 is 13.4. The number of hydrogen-bond donors (Lipinski definition) is 1. The number of allylic oxidation sites excluding steroid dienone is 3. The van der Waals surface area contributed by atoms with Crippen LogP contribution in [0.15, 0.2) is 58.0 Å². The molecule has 0 bridgehead atoms. The molecular weight excluding hydrogens is 437 g/mol. The lowest BCUT2D eigenvalue weighted by Gasteiger charge is -2.31. The van der Waals surface area contributed by atoms with Crippen LogP contribution in [0.3, 0.4) is 0 Å². The summed E-state index contributed by atoms with van der Waals surface area (Å²) in [5.74, 6) is -0.321. The molecule has 1 saturated heterocycles. The van der Waals surface area contributed by atoms with E-state index in [2.05, 4.69) is 32.6 Å². The molecule has 1 fully saturated rings. The van der Waals surface area contributed by atoms with Gasteiger partial charge in [0.15, 0.2) is 5.13 Å². The maximum absolute atomic E-state index is 13.4. The van der Waals surface area contributed by atoms with Gasteiger partial charge in [-0.05, 0) is 36.8 Å². The monoisotopic (exact) mass is 463 g/mol. The zero-order chi connectivity index (χ0) is 23.2. The molecule has 2 aromatic rings. The Morgan fingerprint density at radius 2 is 2.00 bits per heavy atom. The van der Waals surface area contributed by atoms with Gasteiger partial charge in [-0.25, -0.2) is 9.37 Å². The van der Waals surface area contributed by atoms with E-state index in [0.717, 1.165) is 44.0 Å². The predicted octanol–water partition coefficient (Wildman–Crippen LogP) is 4.17. The molecule has 9 heteroatoms. The summed E-state index contributed by atoms with van der Waals surface area (Å²) in [5.41, 5.74) is 4.23. The standard InChI is InChI=1S/C24H26FN7S/c1-3-20-21(9-8-19(10-11-28-30-20)32-14-12-27-13-15-32)31(2)24-29-23(22(16-26)33-24)17-4-6-18(25)7-5-17/h4-7,9-11,27H,3,8,12-15H2,1-2H3. The van der Waals surface area contributed by atoms with Crippen LogP contribution in [0.5, 0.6) is 0 Å². The number of thiazole rings is 1. The number of halogens is 1. The zero-order valence-corrected chi connectivity index (χ0v) is 19.6. The fourth-order valence-corrected chi connectivity index (χ4v) is 4.72. The molecule has 0 aliphatic carbocycles. The van der Waals surface area contributed by atoms with Gasteiger partial charge in [-0.2, -0.15) is 15.5 Å². The normalized spacial score (nSPS) is 16.7. The van der Waals surface area contributed by atoms with Gasteiger partial charge in [0.25, 0.3) is 0 Å². The molecule has 1 N–H and O–H groups in total. The van der Waals surface area contributed by atoms with E-state index in [4.69, 9.17) is 4.98 Å². The second-order valence-corrected chi connectivity index (χ2v) is 8.68. The lowest BCUT2D eigenvalue weighted by atomic mass is 10.1. The maximum atomic E-state index is 13.4. The minimum Gasteiger partial charge on any atom is -0.372 e. The van der Waals surface area contributed by atoms with Crippen molar-refractivity contribution < 1.29 is 4.39 Å². The Hall–Kier alpha value is -3.35. The molecule has 2 aliphatic heterocycles. The molecular formula is C24H26FN7S. The third kappa shape index (κ3) is 5.18. The second kappa shape index (κ2) is 10.5. The molecule has 0 saturated carbocycles. The first-order valence-electron chi connectivity index (χ1n) is 11.0. The van der Waals surface area contributed by atoms with Crippen molar-refractivity contribution in [1.29, 1.82) is 5.26 Å². The molecule has 0 radical (unpaired) electrons. The van der Waals surface area contributed by atoms with Crippen LogP contribution < -0.4 is 10.2 Å². The SMILES string of the molecule is CCC1=NN=CC=C(N2CCNCC2)CC=C1N(C)c1nc(-c2ccc(F)cc2)c(C#N)s1. The Morgan fingerprint density at radius 1 is 1.24 bits per heavy atom. The lowest BCUT2D eigenvalue weighted by Crippen LogP contribution is -2.42. The van der Waals surface area contributed by atoms with Crippen molar-refractivity contribution in [2.45, 2.75) is 19.8 Å². The van der Waals surface area contributed by atoms with Gasteiger partial charge in [0.05, 0.1) is 17.6 Å². The molecule has 3 heterocycles. The minimum absolute atomic E-state index is 0.321. The molecule has 0 unspecified atom stereocenters. The molecule has 4 rings (SSSR count). The number of anilines is 1. The van der Waals surface area contributed by atoms with Crippen LogP contribution in [0.2, 0.25) is 0 Å². The average molecular weight is 464 g/mol. The highest BCUT2D eigenvalue weighted by molar-refractivity contribution is 7.16. The van der Waals surface area contributed by atoms with E-state index in [1.807, 2.05) is 24.9 Å². The summed E-state index contributed by atoms with van der Waals surface area (Å²) >= 11 is 1.31. The smallest absolute Gasteiger partial charge is 0.191 e. The molecule has 170 valence electrons. The topological polar surface area (TPSA) is 79.9 Å². The van der Waals surface area contributed by atoms with Crippen molar-refractivity contribution in [3.8, 4) is 17.3 Å². The summed E-state index contributed by atoms with van der Waals surface area (Å²) in [7, 11) is 1.93. The van der Waals surface area contributed by atoms with E-state index in [1.165, 1.54) is 29.2 Å². The molecule has 0 amide bonds. The summed E-state index contributed by atoms with van der Waals surface area (Å²) in [5, 5.41) is 22.5. The maximum Gasteiger partial charge on any atom is 0.191 e. The number of nitriles is 1. The summed E-state index contributed by atoms with van der Waals surface area (Å²) in [6.07, 6.45) is 7.40. The summed E-state index contributed by atoms with van der Waals surface area (Å²) in [6, 6.07) is 8.28. The molecule has 1 aromatic heterocycles. The summed E-state index contributed by atoms with van der Waals surface area (Å²) in [4.78, 5) is 9.57. The van der Waals surface area contributed by atoms with E-state index in [1.54, 1.807) is 18.3 Å². The van der Waals surface area contributed by atoms with Gasteiger partial charge in [-0.15, -0.1) is 0 Å². The third-order valence-electron chi connectivity index (χ3n) is 5.65. The fourth-order valence-electron chi connectivity index (χ4n) is 3.86. The van der Waals surface area contributed by atoms with Crippen LogP contribution in [0.1, 0.15) is 24.6 Å². The number of nitrogens with one attached hydrogen (secondary N) is 1. The fraction of sp³-hybridized carbons (Fsp3) is 0.333. The van der Waals surface area contributed by atoms with Crippen LogP contribution in [-0.2, 0) is 0 Å². The van der Waals surface area contributed by atoms with E-state index in [9.17, 15) is 9.65 Å². The highest BCUT2D eigenvalue weighted by atomic mass is 32.1. The van der Waals surface area contributed by atoms with E-state index < -0.39 is 0 Å². The number of nitrogens with zero attached hydrogens (tertiary/aromatic N) is 6. The largest absolute Gasteiger partial charge is 0.372 e. The van der Waals surface area contributed by atoms with Gasteiger partial charge in [0, 0.05) is 50.9 Å². The number of rotatable bonds is 5. The number of aromatic nitrogens is 1. The molecule has 1 aromatic carbocycles. The van der Waals surface area contributed by atoms with Crippen LogP contribution >= 0.6 is 11.3 Å². The first-order chi connectivity index (χ1) is 16.1. The van der Waals surface area contributed by atoms with Crippen molar-refractivity contribution in [3.05, 3.63) is 58.5 Å². The molecule has 33 heavy (non-hydrogen) atoms. The first-order valence-corrected chi connectivity index (χ1v) is 11.8. The lowest BCUT2D eigenvalue weighted by molar-refractivity contribution is 0.295. The number of benzene rings is 1. The van der Waals surface area contributed by atoms with E-state index in [-0.39, 0.29) is 5.82 Å². The van der Waals surface area contributed by atoms with Gasteiger partial charge in [-0.1, -0.05) is 24.3 Å². The predicted molar refractivity (Wildman–Crippen MR) is 132 cm³/mol. The molecule has 0 spiro atoms. The van der Waals surface area contributed by atoms with Crippen LogP contribution in [-0.4, -0.2) is 55.0 Å². The minimum atomic E-state index is -0.321. The zero-order valence-electron chi connectivity index (χ0n) is 18.8. The highest BCUT2D eigenvalue weighted by Crippen LogP contribution is 2.34. The first kappa shape index (κ1) is 22.8. The van der Waals surface area contributed by atoms with Gasteiger partial charge in [0.2, 0.25) is 0 Å². The van der Waals surface area contributed by atoms with Gasteiger partial charge in [0.1, 0.15) is 22.5 Å². The summed E-state index contributed by atoms with van der Waals surface area (Å²) in [6.45, 7) is 5.89. The number of hydrogen-bond acceptors (Lipinski definition) is 8. The van der Waals surface area contributed by atoms with Crippen molar-refractivity contribution >= 4 is 28.4 Å². The Bertz CT molecular complexity index is 1150. The van der Waals surface area contributed by atoms with E-state index >= 15 is 0 Å². The quantitative estimate of drug-likeness (QED) is 0.720. The van der Waals surface area contributed by atoms with Crippen LogP contribution in [0, 0.1) is 17.1 Å². The second-order valence-electron chi connectivity index (χ2n) is 7.71. The number of piperazine rings is 1. The Morgan fingerprint density at radius 3 is 2.70 bits per heavy atom. The average Bonchev–Trinajstić information content (AvgIpc) is 3.32. The van der Waals surface area contributed by atoms with Crippen molar-refractivity contribution in [3.63, 3.8) is 0 Å². The molecule has 0 atom stereocenters. The van der Waals surface area contributed by atoms with Gasteiger partial charge in [-0.3, -0.25) is 0 Å². The van der Waals surface area contributed by atoms with Crippen molar-refractivity contribution in [1.82, 2.24) is 15.2 Å². The third-order valence-corrected chi connectivity index (χ3v) is 6.69. The Balaban J connectivity index is 1.67. The molecule has 7 nitrogen and oxygen atoms in total. The highest BCUT2D eigenvalue weighted by Gasteiger charge is 2.21. The Labute approximate surface area is 197 Å². The van der Waals surface area contributed by atoms with E-state index in [0.29, 0.717) is 27.7 Å². The van der Waals surface area contributed by atoms with Crippen LogP contribution in [0.25, 0.3) is 11.3 Å². The Kier molecular flexibility index (Phi) is 7.27. The van der Waals surface area contributed by atoms with Crippen molar-refractivity contribution in [2.75, 3.05) is 38.1 Å². The van der Waals surface area contributed by atoms with Gasteiger partial charge < -0.3 is 15.1 Å². The van der Waals surface area contributed by atoms with Gasteiger partial charge >= 0.3 is 0 Å². The van der Waals surface area contributed by atoms with Crippen LogP contribution in [0.4, 0.5) is 9.52 Å². The molecule has 2 aliphatic rings. The van der Waals surface area contributed by atoms with Crippen molar-refractivity contribution in [2.24, 2.45) is 10.2 Å².